The van der Waals surface area contributed by atoms with Crippen LogP contribution in [0.15, 0.2) is 218 Å². The molecule has 10 aromatic rings. The summed E-state index contributed by atoms with van der Waals surface area (Å²) >= 11 is 0. The summed E-state index contributed by atoms with van der Waals surface area (Å²) < 4.78 is 0. The molecule has 54 heavy (non-hydrogen) atoms. The Balaban J connectivity index is 1.02. The lowest BCUT2D eigenvalue weighted by Gasteiger charge is -2.18. The van der Waals surface area contributed by atoms with Crippen molar-refractivity contribution in [1.29, 1.82) is 0 Å². The van der Waals surface area contributed by atoms with Crippen molar-refractivity contribution in [3.63, 3.8) is 0 Å². The third-order valence-electron chi connectivity index (χ3n) is 10.8. The first-order valence-electron chi connectivity index (χ1n) is 18.7. The van der Waals surface area contributed by atoms with E-state index in [0.29, 0.717) is 0 Å². The fraction of sp³-hybridized carbons (Fsp3) is 0. The van der Waals surface area contributed by atoms with Crippen molar-refractivity contribution in [3.8, 4) is 66.8 Å². The molecule has 252 valence electrons. The van der Waals surface area contributed by atoms with Crippen molar-refractivity contribution in [3.05, 3.63) is 218 Å². The van der Waals surface area contributed by atoms with Gasteiger partial charge >= 0.3 is 0 Å². The van der Waals surface area contributed by atoms with Crippen LogP contribution in [-0.4, -0.2) is 0 Å². The smallest absolute Gasteiger partial charge is 0.00262 e. The maximum absolute atomic E-state index is 2.36. The summed E-state index contributed by atoms with van der Waals surface area (Å²) in [7, 11) is 0. The maximum atomic E-state index is 2.36. The van der Waals surface area contributed by atoms with Crippen LogP contribution in [0.2, 0.25) is 0 Å². The number of rotatable bonds is 6. The first-order chi connectivity index (χ1) is 26.8. The van der Waals surface area contributed by atoms with E-state index in [2.05, 4.69) is 218 Å². The molecule has 0 radical (unpaired) electrons. The van der Waals surface area contributed by atoms with E-state index < -0.39 is 0 Å². The molecule has 0 aliphatic carbocycles. The molecule has 0 unspecified atom stereocenters. The van der Waals surface area contributed by atoms with Crippen molar-refractivity contribution in [2.45, 2.75) is 0 Å². The highest BCUT2D eigenvalue weighted by molar-refractivity contribution is 6.21. The zero-order valence-electron chi connectivity index (χ0n) is 29.8. The van der Waals surface area contributed by atoms with Gasteiger partial charge in [0, 0.05) is 0 Å². The Bertz CT molecular complexity index is 2830. The summed E-state index contributed by atoms with van der Waals surface area (Å²) in [6.45, 7) is 0. The van der Waals surface area contributed by atoms with Gasteiger partial charge in [0.25, 0.3) is 0 Å². The van der Waals surface area contributed by atoms with Crippen LogP contribution in [0.4, 0.5) is 0 Å². The Labute approximate surface area is 316 Å². The van der Waals surface area contributed by atoms with Gasteiger partial charge in [0.15, 0.2) is 0 Å². The maximum Gasteiger partial charge on any atom is -0.00262 e. The van der Waals surface area contributed by atoms with Gasteiger partial charge in [-0.15, -0.1) is 0 Å². The molecular weight excluding hydrogens is 649 g/mol. The molecule has 0 fully saturated rings. The van der Waals surface area contributed by atoms with E-state index in [9.17, 15) is 0 Å². The van der Waals surface area contributed by atoms with Crippen molar-refractivity contribution < 1.29 is 0 Å². The van der Waals surface area contributed by atoms with Crippen LogP contribution in [0, 0.1) is 0 Å². The minimum Gasteiger partial charge on any atom is -0.0622 e. The van der Waals surface area contributed by atoms with Crippen LogP contribution in [-0.2, 0) is 0 Å². The van der Waals surface area contributed by atoms with Crippen LogP contribution >= 0.6 is 0 Å². The largest absolute Gasteiger partial charge is 0.0622 e. The normalized spacial score (nSPS) is 11.3. The van der Waals surface area contributed by atoms with Crippen molar-refractivity contribution >= 4 is 32.3 Å². The predicted octanol–water partition coefficient (Wildman–Crippen LogP) is 15.1. The Morgan fingerprint density at radius 1 is 0.167 bits per heavy atom. The Morgan fingerprint density at radius 2 is 0.463 bits per heavy atom. The Kier molecular flexibility index (Phi) is 7.93. The lowest BCUT2D eigenvalue weighted by molar-refractivity contribution is 1.56. The van der Waals surface area contributed by atoms with Crippen LogP contribution in [0.3, 0.4) is 0 Å². The van der Waals surface area contributed by atoms with Gasteiger partial charge in [-0.1, -0.05) is 188 Å². The average molecular weight is 685 g/mol. The van der Waals surface area contributed by atoms with Gasteiger partial charge in [-0.2, -0.15) is 0 Å². The zero-order valence-corrected chi connectivity index (χ0v) is 29.8. The number of hydrogen-bond donors (Lipinski definition) is 0. The van der Waals surface area contributed by atoms with Gasteiger partial charge < -0.3 is 0 Å². The van der Waals surface area contributed by atoms with E-state index in [-0.39, 0.29) is 0 Å². The molecule has 0 heteroatoms. The zero-order chi connectivity index (χ0) is 35.8. The molecule has 0 saturated heterocycles. The van der Waals surface area contributed by atoms with E-state index in [1.165, 1.54) is 99.1 Å². The number of benzene rings is 10. The van der Waals surface area contributed by atoms with Crippen molar-refractivity contribution in [2.75, 3.05) is 0 Å². The van der Waals surface area contributed by atoms with Gasteiger partial charge in [-0.25, -0.2) is 0 Å². The molecule has 0 heterocycles. The second-order valence-corrected chi connectivity index (χ2v) is 14.1. The lowest BCUT2D eigenvalue weighted by Crippen LogP contribution is -1.90. The predicted molar refractivity (Wildman–Crippen MR) is 232 cm³/mol. The highest BCUT2D eigenvalue weighted by Crippen LogP contribution is 2.44. The standard InChI is InChI=1S/C54H36/c1-4-14-37(15-5-1)46-34-47(38-16-6-2-7-17-38)36-48(35-46)40-26-24-39(25-27-40)42-28-29-44-33-45(31-30-43(44)32-42)54-51-22-12-10-20-49(51)53(41-18-8-3-9-19-41)50-21-11-13-23-52(50)54/h1-36H. The molecule has 0 saturated carbocycles. The SMILES string of the molecule is c1ccc(-c2cc(-c3ccccc3)cc(-c3ccc(-c4ccc5cc(-c6c7ccccc7c(-c7ccccc7)c7ccccc67)ccc5c4)cc3)c2)cc1. The molecule has 0 bridgehead atoms. The summed E-state index contributed by atoms with van der Waals surface area (Å²) in [5.41, 5.74) is 14.8. The van der Waals surface area contributed by atoms with Gasteiger partial charge in [-0.05, 0) is 129 Å². The lowest BCUT2D eigenvalue weighted by atomic mass is 9.85. The molecule has 0 amide bonds. The third-order valence-corrected chi connectivity index (χ3v) is 10.8. The second-order valence-electron chi connectivity index (χ2n) is 14.1. The van der Waals surface area contributed by atoms with Crippen LogP contribution < -0.4 is 0 Å². The first-order valence-corrected chi connectivity index (χ1v) is 18.7. The molecule has 10 aromatic carbocycles. The summed E-state index contributed by atoms with van der Waals surface area (Å²) in [5.74, 6) is 0. The van der Waals surface area contributed by atoms with E-state index in [1.807, 2.05) is 0 Å². The quantitative estimate of drug-likeness (QED) is 0.153. The number of hydrogen-bond acceptors (Lipinski definition) is 0. The van der Waals surface area contributed by atoms with Crippen LogP contribution in [0.25, 0.3) is 99.1 Å². The molecule has 0 nitrogen and oxygen atoms in total. The summed E-state index contributed by atoms with van der Waals surface area (Å²) in [4.78, 5) is 0. The minimum absolute atomic E-state index is 1.21. The molecule has 0 aromatic heterocycles. The summed E-state index contributed by atoms with van der Waals surface area (Å²) in [6, 6.07) is 79.6. The first kappa shape index (κ1) is 31.7. The molecular formula is C54H36. The van der Waals surface area contributed by atoms with E-state index >= 15 is 0 Å². The van der Waals surface area contributed by atoms with E-state index in [0.717, 1.165) is 0 Å². The topological polar surface area (TPSA) is 0 Å². The van der Waals surface area contributed by atoms with Gasteiger partial charge in [0.2, 0.25) is 0 Å². The van der Waals surface area contributed by atoms with Crippen molar-refractivity contribution in [1.82, 2.24) is 0 Å². The molecule has 0 aliphatic rings. The van der Waals surface area contributed by atoms with E-state index in [1.54, 1.807) is 0 Å². The molecule has 0 N–H and O–H groups in total. The molecule has 10 rings (SSSR count). The van der Waals surface area contributed by atoms with Gasteiger partial charge in [0.1, 0.15) is 0 Å². The minimum atomic E-state index is 1.21. The van der Waals surface area contributed by atoms with Crippen LogP contribution in [0.5, 0.6) is 0 Å². The third kappa shape index (κ3) is 5.75. The molecule has 0 atom stereocenters. The fourth-order valence-electron chi connectivity index (χ4n) is 8.18. The fourth-order valence-corrected chi connectivity index (χ4v) is 8.18. The number of fused-ring (bicyclic) bond motifs is 3. The Morgan fingerprint density at radius 3 is 0.907 bits per heavy atom. The summed E-state index contributed by atoms with van der Waals surface area (Å²) in [5, 5.41) is 7.57. The van der Waals surface area contributed by atoms with Gasteiger partial charge in [0.05, 0.1) is 0 Å². The van der Waals surface area contributed by atoms with E-state index in [4.69, 9.17) is 0 Å². The second kappa shape index (κ2) is 13.5. The van der Waals surface area contributed by atoms with Crippen molar-refractivity contribution in [2.24, 2.45) is 0 Å². The molecule has 0 spiro atoms. The van der Waals surface area contributed by atoms with Gasteiger partial charge in [-0.3, -0.25) is 0 Å². The molecule has 0 aliphatic heterocycles. The highest BCUT2D eigenvalue weighted by atomic mass is 14.2. The monoisotopic (exact) mass is 684 g/mol. The highest BCUT2D eigenvalue weighted by Gasteiger charge is 2.17. The van der Waals surface area contributed by atoms with Crippen LogP contribution in [0.1, 0.15) is 0 Å². The average Bonchev–Trinajstić information content (AvgIpc) is 3.26. The summed E-state index contributed by atoms with van der Waals surface area (Å²) in [6.07, 6.45) is 0. The Hall–Kier alpha value is -7.02.